The molecule has 3 rings (SSSR count). The minimum absolute atomic E-state index is 0.119. The summed E-state index contributed by atoms with van der Waals surface area (Å²) in [4.78, 5) is 26.4. The molecule has 27 heavy (non-hydrogen) atoms. The topological polar surface area (TPSA) is 58.6 Å². The zero-order chi connectivity index (χ0) is 19.4. The van der Waals surface area contributed by atoms with Crippen LogP contribution in [0.5, 0.6) is 5.75 Å². The van der Waals surface area contributed by atoms with E-state index in [2.05, 4.69) is 25.2 Å². The van der Waals surface area contributed by atoms with Crippen LogP contribution in [-0.4, -0.2) is 36.4 Å². The van der Waals surface area contributed by atoms with Crippen molar-refractivity contribution >= 4 is 17.5 Å². The fourth-order valence-corrected chi connectivity index (χ4v) is 3.25. The van der Waals surface area contributed by atoms with Crippen LogP contribution >= 0.6 is 0 Å². The lowest BCUT2D eigenvalue weighted by Gasteiger charge is -2.17. The first kappa shape index (κ1) is 19.0. The van der Waals surface area contributed by atoms with E-state index >= 15 is 0 Å². The predicted molar refractivity (Wildman–Crippen MR) is 106 cm³/mol. The van der Waals surface area contributed by atoms with Crippen molar-refractivity contribution in [3.05, 3.63) is 59.7 Å². The number of hydrogen-bond donors (Lipinski definition) is 1. The maximum atomic E-state index is 12.7. The van der Waals surface area contributed by atoms with E-state index in [0.717, 1.165) is 17.0 Å². The van der Waals surface area contributed by atoms with E-state index in [1.54, 1.807) is 7.11 Å². The second kappa shape index (κ2) is 8.25. The number of nitrogens with one attached hydrogen (secondary N) is 1. The number of rotatable bonds is 7. The minimum atomic E-state index is -0.490. The van der Waals surface area contributed by atoms with Crippen molar-refractivity contribution < 1.29 is 14.3 Å². The Morgan fingerprint density at radius 1 is 1.15 bits per heavy atom. The Morgan fingerprint density at radius 2 is 1.89 bits per heavy atom. The van der Waals surface area contributed by atoms with Gasteiger partial charge in [0.1, 0.15) is 11.8 Å². The van der Waals surface area contributed by atoms with Crippen LogP contribution in [0.15, 0.2) is 48.5 Å². The normalized spacial score (nSPS) is 16.9. The lowest BCUT2D eigenvalue weighted by molar-refractivity contribution is -0.138. The number of amides is 2. The molecule has 2 amide bonds. The van der Waals surface area contributed by atoms with E-state index in [4.69, 9.17) is 4.74 Å². The van der Waals surface area contributed by atoms with E-state index in [0.29, 0.717) is 18.9 Å². The molecular weight excluding hydrogens is 340 g/mol. The van der Waals surface area contributed by atoms with Gasteiger partial charge in [0, 0.05) is 12.2 Å². The van der Waals surface area contributed by atoms with Crippen LogP contribution in [0, 0.1) is 0 Å². The largest absolute Gasteiger partial charge is 0.497 e. The molecule has 0 saturated carbocycles. The molecule has 0 bridgehead atoms. The molecule has 1 heterocycles. The zero-order valence-electron chi connectivity index (χ0n) is 16.1. The van der Waals surface area contributed by atoms with Crippen molar-refractivity contribution in [2.45, 2.75) is 38.6 Å². The van der Waals surface area contributed by atoms with Gasteiger partial charge in [-0.2, -0.15) is 0 Å². The number of anilines is 1. The summed E-state index contributed by atoms with van der Waals surface area (Å²) in [5, 5.41) is 3.23. The number of carbonyl (C=O) groups is 2. The molecule has 1 aliphatic rings. The number of methoxy groups -OCH3 is 1. The Bertz CT molecular complexity index is 815. The molecule has 1 aliphatic heterocycles. The van der Waals surface area contributed by atoms with Crippen LogP contribution in [0.4, 0.5) is 5.69 Å². The SMILES string of the molecule is COc1ccc(CCN2C(=O)CC(Nc3cccc(C(C)C)c3)C2=O)cc1. The summed E-state index contributed by atoms with van der Waals surface area (Å²) in [5.74, 6) is 0.933. The second-order valence-electron chi connectivity index (χ2n) is 7.16. The van der Waals surface area contributed by atoms with E-state index in [-0.39, 0.29) is 18.2 Å². The van der Waals surface area contributed by atoms with Crippen LogP contribution in [0.1, 0.15) is 37.3 Å². The Labute approximate surface area is 160 Å². The number of imide groups is 1. The standard InChI is InChI=1S/C22H26N2O3/c1-15(2)17-5-4-6-18(13-17)23-20-14-21(25)24(22(20)26)12-11-16-7-9-19(27-3)10-8-16/h4-10,13,15,20,23H,11-12,14H2,1-3H3. The molecule has 0 aliphatic carbocycles. The third-order valence-electron chi connectivity index (χ3n) is 4.92. The quantitative estimate of drug-likeness (QED) is 0.761. The number of carbonyl (C=O) groups excluding carboxylic acids is 2. The summed E-state index contributed by atoms with van der Waals surface area (Å²) in [7, 11) is 1.63. The van der Waals surface area contributed by atoms with Crippen molar-refractivity contribution in [2.24, 2.45) is 0 Å². The Morgan fingerprint density at radius 3 is 2.56 bits per heavy atom. The van der Waals surface area contributed by atoms with Gasteiger partial charge in [-0.3, -0.25) is 14.5 Å². The summed E-state index contributed by atoms with van der Waals surface area (Å²) >= 11 is 0. The third-order valence-corrected chi connectivity index (χ3v) is 4.92. The first-order valence-electron chi connectivity index (χ1n) is 9.31. The maximum absolute atomic E-state index is 12.7. The van der Waals surface area contributed by atoms with E-state index in [9.17, 15) is 9.59 Å². The molecule has 5 nitrogen and oxygen atoms in total. The van der Waals surface area contributed by atoms with E-state index < -0.39 is 6.04 Å². The first-order chi connectivity index (χ1) is 13.0. The van der Waals surface area contributed by atoms with Gasteiger partial charge in [0.05, 0.1) is 13.5 Å². The maximum Gasteiger partial charge on any atom is 0.252 e. The number of ether oxygens (including phenoxy) is 1. The molecule has 2 aromatic rings. The highest BCUT2D eigenvalue weighted by atomic mass is 16.5. The van der Waals surface area contributed by atoms with Crippen LogP contribution in [-0.2, 0) is 16.0 Å². The molecule has 1 N–H and O–H groups in total. The minimum Gasteiger partial charge on any atom is -0.497 e. The summed E-state index contributed by atoms with van der Waals surface area (Å²) < 4.78 is 5.15. The van der Waals surface area contributed by atoms with E-state index in [1.807, 2.05) is 42.5 Å². The monoisotopic (exact) mass is 366 g/mol. The van der Waals surface area contributed by atoms with Crippen LogP contribution in [0.2, 0.25) is 0 Å². The number of hydrogen-bond acceptors (Lipinski definition) is 4. The molecule has 1 fully saturated rings. The number of nitrogens with zero attached hydrogens (tertiary/aromatic N) is 1. The number of likely N-dealkylation sites (tertiary alicyclic amines) is 1. The molecule has 0 spiro atoms. The average molecular weight is 366 g/mol. The predicted octanol–water partition coefficient (Wildman–Crippen LogP) is 3.60. The van der Waals surface area contributed by atoms with Gasteiger partial charge >= 0.3 is 0 Å². The van der Waals surface area contributed by atoms with Crippen molar-refractivity contribution in [3.8, 4) is 5.75 Å². The molecule has 0 aromatic heterocycles. The number of benzene rings is 2. The van der Waals surface area contributed by atoms with Gasteiger partial charge in [-0.1, -0.05) is 38.1 Å². The fourth-order valence-electron chi connectivity index (χ4n) is 3.25. The summed E-state index contributed by atoms with van der Waals surface area (Å²) in [6.45, 7) is 4.66. The van der Waals surface area contributed by atoms with E-state index in [1.165, 1.54) is 10.5 Å². The van der Waals surface area contributed by atoms with Gasteiger partial charge in [-0.25, -0.2) is 0 Å². The Balaban J connectivity index is 1.61. The first-order valence-corrected chi connectivity index (χ1v) is 9.31. The van der Waals surface area contributed by atoms with Gasteiger partial charge in [-0.15, -0.1) is 0 Å². The smallest absolute Gasteiger partial charge is 0.252 e. The van der Waals surface area contributed by atoms with Crippen LogP contribution < -0.4 is 10.1 Å². The van der Waals surface area contributed by atoms with Gasteiger partial charge in [0.2, 0.25) is 5.91 Å². The molecular formula is C22H26N2O3. The van der Waals surface area contributed by atoms with Gasteiger partial charge < -0.3 is 10.1 Å². The van der Waals surface area contributed by atoms with Gasteiger partial charge in [-0.05, 0) is 47.7 Å². The van der Waals surface area contributed by atoms with Crippen molar-refractivity contribution in [3.63, 3.8) is 0 Å². The second-order valence-corrected chi connectivity index (χ2v) is 7.16. The molecule has 2 aromatic carbocycles. The molecule has 1 unspecified atom stereocenters. The van der Waals surface area contributed by atoms with Gasteiger partial charge in [0.15, 0.2) is 0 Å². The van der Waals surface area contributed by atoms with Crippen molar-refractivity contribution in [1.82, 2.24) is 4.90 Å². The molecule has 142 valence electrons. The fraction of sp³-hybridized carbons (Fsp3) is 0.364. The lowest BCUT2D eigenvalue weighted by Crippen LogP contribution is -2.36. The molecule has 1 saturated heterocycles. The summed E-state index contributed by atoms with van der Waals surface area (Å²) in [6, 6.07) is 15.2. The molecule has 0 radical (unpaired) electrons. The zero-order valence-corrected chi connectivity index (χ0v) is 16.1. The third kappa shape index (κ3) is 4.48. The van der Waals surface area contributed by atoms with Crippen LogP contribution in [0.3, 0.4) is 0 Å². The van der Waals surface area contributed by atoms with Crippen LogP contribution in [0.25, 0.3) is 0 Å². The average Bonchev–Trinajstić information content (AvgIpc) is 2.93. The highest BCUT2D eigenvalue weighted by Crippen LogP contribution is 2.23. The summed E-state index contributed by atoms with van der Waals surface area (Å²) in [5.41, 5.74) is 3.15. The Hall–Kier alpha value is -2.82. The molecule has 1 atom stereocenters. The van der Waals surface area contributed by atoms with Crippen molar-refractivity contribution in [1.29, 1.82) is 0 Å². The highest BCUT2D eigenvalue weighted by molar-refractivity contribution is 6.06. The lowest BCUT2D eigenvalue weighted by atomic mass is 10.0. The van der Waals surface area contributed by atoms with Crippen molar-refractivity contribution in [2.75, 3.05) is 19.0 Å². The summed E-state index contributed by atoms with van der Waals surface area (Å²) in [6.07, 6.45) is 0.838. The van der Waals surface area contributed by atoms with Gasteiger partial charge in [0.25, 0.3) is 5.91 Å². The highest BCUT2D eigenvalue weighted by Gasteiger charge is 2.38. The Kier molecular flexibility index (Phi) is 5.79. The molecule has 5 heteroatoms.